The Bertz CT molecular complexity index is 276. The van der Waals surface area contributed by atoms with Gasteiger partial charge in [-0.2, -0.15) is 4.39 Å². The van der Waals surface area contributed by atoms with E-state index in [-0.39, 0.29) is 0 Å². The fraction of sp³-hybridized carbons (Fsp3) is 0.500. The van der Waals surface area contributed by atoms with Gasteiger partial charge in [0.05, 0.1) is 12.7 Å². The number of aromatic nitrogens is 2. The normalized spacial score (nSPS) is 16.1. The summed E-state index contributed by atoms with van der Waals surface area (Å²) in [5, 5.41) is 0. The number of halogens is 1. The predicted octanol–water partition coefficient (Wildman–Crippen LogP) is 1.40. The topological polar surface area (TPSA) is 35.0 Å². The Balaban J connectivity index is 1.92. The van der Waals surface area contributed by atoms with Gasteiger partial charge in [-0.3, -0.25) is 0 Å². The lowest BCUT2D eigenvalue weighted by molar-refractivity contribution is 0.285. The minimum atomic E-state index is -0.546. The zero-order chi connectivity index (χ0) is 8.39. The van der Waals surface area contributed by atoms with Crippen LogP contribution in [-0.2, 0) is 0 Å². The van der Waals surface area contributed by atoms with E-state index in [4.69, 9.17) is 4.74 Å². The van der Waals surface area contributed by atoms with Gasteiger partial charge in [-0.25, -0.2) is 9.97 Å². The van der Waals surface area contributed by atoms with Crippen molar-refractivity contribution in [3.05, 3.63) is 18.3 Å². The molecule has 0 spiro atoms. The zero-order valence-corrected chi connectivity index (χ0v) is 6.53. The summed E-state index contributed by atoms with van der Waals surface area (Å²) in [7, 11) is 0. The molecule has 0 N–H and O–H groups in total. The molecule has 0 unspecified atom stereocenters. The molecule has 1 aliphatic carbocycles. The summed E-state index contributed by atoms with van der Waals surface area (Å²) in [4.78, 5) is 7.09. The van der Waals surface area contributed by atoms with E-state index >= 15 is 0 Å². The molecule has 0 saturated heterocycles. The molecule has 0 amide bonds. The summed E-state index contributed by atoms with van der Waals surface area (Å²) in [5.41, 5.74) is 0. The first kappa shape index (κ1) is 7.46. The molecule has 1 aliphatic rings. The fourth-order valence-electron chi connectivity index (χ4n) is 0.884. The molecule has 2 rings (SSSR count). The van der Waals surface area contributed by atoms with Crippen LogP contribution in [0.15, 0.2) is 12.4 Å². The molecule has 1 saturated carbocycles. The minimum Gasteiger partial charge on any atom is -0.477 e. The Kier molecular flexibility index (Phi) is 1.89. The van der Waals surface area contributed by atoms with Gasteiger partial charge < -0.3 is 4.74 Å². The molecule has 1 heterocycles. The van der Waals surface area contributed by atoms with Gasteiger partial charge in [0.2, 0.25) is 11.8 Å². The van der Waals surface area contributed by atoms with E-state index in [2.05, 4.69) is 9.97 Å². The first-order valence-corrected chi connectivity index (χ1v) is 3.95. The highest BCUT2D eigenvalue weighted by molar-refractivity contribution is 5.06. The standard InChI is InChI=1S/C8H9FN2O/c9-7-3-8(11-5-10-7)12-4-6-1-2-6/h3,5-6H,1-2,4H2. The van der Waals surface area contributed by atoms with Gasteiger partial charge in [-0.1, -0.05) is 0 Å². The Morgan fingerprint density at radius 1 is 1.50 bits per heavy atom. The molecule has 1 aromatic heterocycles. The van der Waals surface area contributed by atoms with Crippen molar-refractivity contribution < 1.29 is 9.13 Å². The van der Waals surface area contributed by atoms with Gasteiger partial charge in [0.25, 0.3) is 0 Å². The van der Waals surface area contributed by atoms with Gasteiger partial charge in [-0.15, -0.1) is 0 Å². The highest BCUT2D eigenvalue weighted by Gasteiger charge is 2.22. The zero-order valence-electron chi connectivity index (χ0n) is 6.53. The van der Waals surface area contributed by atoms with Crippen molar-refractivity contribution in [3.8, 4) is 5.88 Å². The van der Waals surface area contributed by atoms with Crippen LogP contribution in [0.1, 0.15) is 12.8 Å². The van der Waals surface area contributed by atoms with E-state index in [1.165, 1.54) is 18.9 Å². The number of hydrogen-bond donors (Lipinski definition) is 0. The lowest BCUT2D eigenvalue weighted by Gasteiger charge is -2.01. The quantitative estimate of drug-likeness (QED) is 0.640. The molecule has 1 fully saturated rings. The van der Waals surface area contributed by atoms with Crippen molar-refractivity contribution in [1.29, 1.82) is 0 Å². The van der Waals surface area contributed by atoms with Crippen molar-refractivity contribution in [1.82, 2.24) is 9.97 Å². The number of nitrogens with zero attached hydrogens (tertiary/aromatic N) is 2. The first-order valence-electron chi connectivity index (χ1n) is 3.95. The van der Waals surface area contributed by atoms with Crippen LogP contribution < -0.4 is 4.74 Å². The predicted molar refractivity (Wildman–Crippen MR) is 40.2 cm³/mol. The van der Waals surface area contributed by atoms with Crippen LogP contribution in [0.3, 0.4) is 0 Å². The summed E-state index contributed by atoms with van der Waals surface area (Å²) in [6.07, 6.45) is 3.60. The summed E-state index contributed by atoms with van der Waals surface area (Å²) in [6, 6.07) is 1.20. The van der Waals surface area contributed by atoms with E-state index in [1.54, 1.807) is 0 Å². The van der Waals surface area contributed by atoms with E-state index in [9.17, 15) is 4.39 Å². The molecule has 0 atom stereocenters. The van der Waals surface area contributed by atoms with Gasteiger partial charge in [-0.05, 0) is 18.8 Å². The number of hydrogen-bond acceptors (Lipinski definition) is 3. The molecule has 12 heavy (non-hydrogen) atoms. The molecule has 0 aromatic carbocycles. The molecule has 64 valence electrons. The maximum atomic E-state index is 12.5. The van der Waals surface area contributed by atoms with Gasteiger partial charge in [0, 0.05) is 0 Å². The average Bonchev–Trinajstić information content (AvgIpc) is 2.84. The van der Waals surface area contributed by atoms with Crippen LogP contribution >= 0.6 is 0 Å². The highest BCUT2D eigenvalue weighted by atomic mass is 19.1. The lowest BCUT2D eigenvalue weighted by Crippen LogP contribution is -2.01. The largest absolute Gasteiger partial charge is 0.477 e. The average molecular weight is 168 g/mol. The summed E-state index contributed by atoms with van der Waals surface area (Å²) in [5.74, 6) is 0.438. The van der Waals surface area contributed by atoms with E-state index < -0.39 is 5.95 Å². The van der Waals surface area contributed by atoms with Gasteiger partial charge >= 0.3 is 0 Å². The second-order valence-corrected chi connectivity index (χ2v) is 2.93. The monoisotopic (exact) mass is 168 g/mol. The van der Waals surface area contributed by atoms with Crippen molar-refractivity contribution in [2.45, 2.75) is 12.8 Å². The molecule has 4 heteroatoms. The molecule has 1 aromatic rings. The Morgan fingerprint density at radius 2 is 2.33 bits per heavy atom. The SMILES string of the molecule is Fc1cc(OCC2CC2)ncn1. The maximum Gasteiger partial charge on any atom is 0.219 e. The molecular formula is C8H9FN2O. The maximum absolute atomic E-state index is 12.5. The Labute approximate surface area is 69.6 Å². The Hall–Kier alpha value is -1.19. The van der Waals surface area contributed by atoms with E-state index in [0.717, 1.165) is 6.33 Å². The Morgan fingerprint density at radius 3 is 3.00 bits per heavy atom. The second-order valence-electron chi connectivity index (χ2n) is 2.93. The minimum absolute atomic E-state index is 0.328. The third-order valence-corrected chi connectivity index (χ3v) is 1.77. The van der Waals surface area contributed by atoms with Crippen molar-refractivity contribution in [2.75, 3.05) is 6.61 Å². The third kappa shape index (κ3) is 1.90. The first-order chi connectivity index (χ1) is 5.84. The molecular weight excluding hydrogens is 159 g/mol. The molecule has 3 nitrogen and oxygen atoms in total. The summed E-state index contributed by atoms with van der Waals surface area (Å²) >= 11 is 0. The number of rotatable bonds is 3. The number of ether oxygens (including phenoxy) is 1. The van der Waals surface area contributed by atoms with Gasteiger partial charge in [0.15, 0.2) is 0 Å². The highest BCUT2D eigenvalue weighted by Crippen LogP contribution is 2.29. The van der Waals surface area contributed by atoms with Crippen LogP contribution in [0, 0.1) is 11.9 Å². The van der Waals surface area contributed by atoms with Crippen molar-refractivity contribution in [2.24, 2.45) is 5.92 Å². The van der Waals surface area contributed by atoms with Crippen LogP contribution in [0.2, 0.25) is 0 Å². The molecule has 0 aliphatic heterocycles. The third-order valence-electron chi connectivity index (χ3n) is 1.77. The lowest BCUT2D eigenvalue weighted by atomic mass is 10.5. The van der Waals surface area contributed by atoms with Crippen molar-refractivity contribution in [3.63, 3.8) is 0 Å². The van der Waals surface area contributed by atoms with Gasteiger partial charge in [0.1, 0.15) is 6.33 Å². The molecule has 0 bridgehead atoms. The van der Waals surface area contributed by atoms with Crippen molar-refractivity contribution >= 4 is 0 Å². The van der Waals surface area contributed by atoms with Crippen LogP contribution in [0.4, 0.5) is 4.39 Å². The van der Waals surface area contributed by atoms with Crippen LogP contribution in [-0.4, -0.2) is 16.6 Å². The van der Waals surface area contributed by atoms with Crippen LogP contribution in [0.25, 0.3) is 0 Å². The van der Waals surface area contributed by atoms with Crippen LogP contribution in [0.5, 0.6) is 5.88 Å². The summed E-state index contributed by atoms with van der Waals surface area (Å²) in [6.45, 7) is 0.649. The fourth-order valence-corrected chi connectivity index (χ4v) is 0.884. The molecule has 0 radical (unpaired) electrons. The smallest absolute Gasteiger partial charge is 0.219 e. The summed E-state index contributed by atoms with van der Waals surface area (Å²) < 4.78 is 17.7. The second kappa shape index (κ2) is 3.05. The van der Waals surface area contributed by atoms with E-state index in [1.807, 2.05) is 0 Å². The van der Waals surface area contributed by atoms with E-state index in [0.29, 0.717) is 18.4 Å².